The molecule has 10 nitrogen and oxygen atoms in total. The van der Waals surface area contributed by atoms with Crippen LogP contribution in [0.5, 0.6) is 0 Å². The summed E-state index contributed by atoms with van der Waals surface area (Å²) in [7, 11) is -3.40. The van der Waals surface area contributed by atoms with Gasteiger partial charge in [-0.25, -0.2) is 23.4 Å². The Labute approximate surface area is 157 Å². The number of nitrogens with zero attached hydrogens (tertiary/aromatic N) is 4. The van der Waals surface area contributed by atoms with E-state index in [1.165, 1.54) is 23.0 Å². The zero-order valence-corrected chi connectivity index (χ0v) is 15.4. The third kappa shape index (κ3) is 3.66. The summed E-state index contributed by atoms with van der Waals surface area (Å²) < 4.78 is 25.6. The first-order chi connectivity index (χ1) is 12.9. The predicted molar refractivity (Wildman–Crippen MR) is 96.3 cm³/mol. The van der Waals surface area contributed by atoms with E-state index >= 15 is 0 Å². The molecule has 4 heterocycles. The van der Waals surface area contributed by atoms with Gasteiger partial charge in [0.1, 0.15) is 11.4 Å². The van der Waals surface area contributed by atoms with Gasteiger partial charge in [0.25, 0.3) is 11.8 Å². The van der Waals surface area contributed by atoms with Crippen LogP contribution in [0.25, 0.3) is 5.78 Å². The van der Waals surface area contributed by atoms with Crippen molar-refractivity contribution in [2.24, 2.45) is 0 Å². The number of hydrogen-bond acceptors (Lipinski definition) is 8. The van der Waals surface area contributed by atoms with Gasteiger partial charge in [-0.15, -0.1) is 11.3 Å². The highest BCUT2D eigenvalue weighted by atomic mass is 32.2. The van der Waals surface area contributed by atoms with E-state index in [-0.39, 0.29) is 22.9 Å². The molecule has 2 N–H and O–H groups in total. The predicted octanol–water partition coefficient (Wildman–Crippen LogP) is -0.489. The Bertz CT molecular complexity index is 1080. The lowest BCUT2D eigenvalue weighted by Crippen LogP contribution is -2.51. The molecule has 0 aliphatic carbocycles. The standard InChI is InChI=1S/C15H14N6O4S2/c22-13(9-4-21-3-1-2-16-15(21)20-9)18-11-6-27(24,25)7-12(11)19-14(23)10-5-26-8-17-10/h1-5,8,11-12H,6-7H2,(H,18,22)(H,19,23)/t11-,12-/m1/s1. The molecule has 27 heavy (non-hydrogen) atoms. The Morgan fingerprint density at radius 3 is 2.44 bits per heavy atom. The molecule has 4 rings (SSSR count). The van der Waals surface area contributed by atoms with E-state index in [2.05, 4.69) is 25.6 Å². The van der Waals surface area contributed by atoms with Gasteiger partial charge in [0, 0.05) is 24.0 Å². The minimum absolute atomic E-state index is 0.113. The number of aromatic nitrogens is 4. The summed E-state index contributed by atoms with van der Waals surface area (Å²) >= 11 is 1.26. The molecule has 3 aromatic rings. The van der Waals surface area contributed by atoms with Crippen molar-refractivity contribution in [2.45, 2.75) is 12.1 Å². The van der Waals surface area contributed by atoms with Gasteiger partial charge in [0.15, 0.2) is 9.84 Å². The van der Waals surface area contributed by atoms with E-state index in [9.17, 15) is 18.0 Å². The first kappa shape index (κ1) is 17.5. The molecule has 0 saturated carbocycles. The van der Waals surface area contributed by atoms with E-state index in [1.54, 1.807) is 28.2 Å². The van der Waals surface area contributed by atoms with Crippen LogP contribution >= 0.6 is 11.3 Å². The SMILES string of the molecule is O=C(N[C@@H]1CS(=O)(=O)C[C@H]1NC(=O)c1cn2cccnc2n1)c1cscn1. The largest absolute Gasteiger partial charge is 0.345 e. The highest BCUT2D eigenvalue weighted by molar-refractivity contribution is 7.91. The van der Waals surface area contributed by atoms with E-state index in [0.717, 1.165) is 0 Å². The Hall–Kier alpha value is -2.86. The quantitative estimate of drug-likeness (QED) is 0.597. The average molecular weight is 406 g/mol. The smallest absolute Gasteiger partial charge is 0.271 e. The summed E-state index contributed by atoms with van der Waals surface area (Å²) in [6.45, 7) is 0. The fourth-order valence-electron chi connectivity index (χ4n) is 2.88. The van der Waals surface area contributed by atoms with Crippen LogP contribution in [0.15, 0.2) is 35.5 Å². The summed E-state index contributed by atoms with van der Waals surface area (Å²) in [5.74, 6) is -1.16. The summed E-state index contributed by atoms with van der Waals surface area (Å²) in [5.41, 5.74) is 1.83. The molecule has 1 fully saturated rings. The second-order valence-electron chi connectivity index (χ2n) is 6.06. The lowest BCUT2D eigenvalue weighted by molar-refractivity contribution is 0.0892. The number of rotatable bonds is 4. The fraction of sp³-hybridized carbons (Fsp3) is 0.267. The van der Waals surface area contributed by atoms with Crippen molar-refractivity contribution in [1.29, 1.82) is 0 Å². The maximum absolute atomic E-state index is 12.5. The third-order valence-electron chi connectivity index (χ3n) is 4.12. The molecular weight excluding hydrogens is 392 g/mol. The molecule has 140 valence electrons. The van der Waals surface area contributed by atoms with Gasteiger partial charge in [-0.3, -0.25) is 14.0 Å². The molecule has 12 heteroatoms. The van der Waals surface area contributed by atoms with Crippen LogP contribution in [-0.4, -0.2) is 63.2 Å². The van der Waals surface area contributed by atoms with Crippen LogP contribution in [0.2, 0.25) is 0 Å². The monoisotopic (exact) mass is 406 g/mol. The van der Waals surface area contributed by atoms with Crippen LogP contribution in [0, 0.1) is 0 Å². The van der Waals surface area contributed by atoms with Crippen molar-refractivity contribution >= 4 is 38.8 Å². The molecule has 0 aromatic carbocycles. The summed E-state index contributed by atoms with van der Waals surface area (Å²) in [6, 6.07) is 0.190. The molecule has 2 amide bonds. The van der Waals surface area contributed by atoms with Gasteiger partial charge in [-0.05, 0) is 6.07 Å². The van der Waals surface area contributed by atoms with Crippen molar-refractivity contribution in [2.75, 3.05) is 11.5 Å². The van der Waals surface area contributed by atoms with Gasteiger partial charge in [0.05, 0.1) is 29.1 Å². The van der Waals surface area contributed by atoms with Crippen LogP contribution < -0.4 is 10.6 Å². The van der Waals surface area contributed by atoms with E-state index < -0.39 is 33.7 Å². The fourth-order valence-corrected chi connectivity index (χ4v) is 5.27. The number of fused-ring (bicyclic) bond motifs is 1. The third-order valence-corrected chi connectivity index (χ3v) is 6.44. The normalized spacial score (nSPS) is 21.2. The summed E-state index contributed by atoms with van der Waals surface area (Å²) in [4.78, 5) is 36.8. The van der Waals surface area contributed by atoms with Gasteiger partial charge in [-0.1, -0.05) is 0 Å². The van der Waals surface area contributed by atoms with Gasteiger partial charge in [0.2, 0.25) is 5.78 Å². The van der Waals surface area contributed by atoms with Crippen LogP contribution in [0.1, 0.15) is 21.0 Å². The highest BCUT2D eigenvalue weighted by Gasteiger charge is 2.40. The highest BCUT2D eigenvalue weighted by Crippen LogP contribution is 2.15. The summed E-state index contributed by atoms with van der Waals surface area (Å²) in [5, 5.41) is 6.87. The lowest BCUT2D eigenvalue weighted by Gasteiger charge is -2.19. The Kier molecular flexibility index (Phi) is 4.36. The van der Waals surface area contributed by atoms with E-state index in [1.807, 2.05) is 0 Å². The zero-order valence-electron chi connectivity index (χ0n) is 13.8. The molecule has 0 radical (unpaired) electrons. The first-order valence-corrected chi connectivity index (χ1v) is 10.7. The number of thiazole rings is 1. The van der Waals surface area contributed by atoms with Gasteiger partial charge in [-0.2, -0.15) is 0 Å². The number of amides is 2. The molecule has 2 atom stereocenters. The minimum Gasteiger partial charge on any atom is -0.345 e. The Balaban J connectivity index is 1.51. The molecule has 0 unspecified atom stereocenters. The number of nitrogens with one attached hydrogen (secondary N) is 2. The lowest BCUT2D eigenvalue weighted by atomic mass is 10.1. The zero-order chi connectivity index (χ0) is 19.0. The van der Waals surface area contributed by atoms with E-state index in [0.29, 0.717) is 5.78 Å². The molecule has 0 bridgehead atoms. The topological polar surface area (TPSA) is 135 Å². The van der Waals surface area contributed by atoms with Crippen LogP contribution in [-0.2, 0) is 9.84 Å². The van der Waals surface area contributed by atoms with Crippen LogP contribution in [0.4, 0.5) is 0 Å². The Morgan fingerprint density at radius 2 is 1.81 bits per heavy atom. The number of carbonyl (C=O) groups excluding carboxylic acids is 2. The number of imidazole rings is 1. The van der Waals surface area contributed by atoms with Crippen molar-refractivity contribution in [3.63, 3.8) is 0 Å². The van der Waals surface area contributed by atoms with Gasteiger partial charge < -0.3 is 10.6 Å². The number of hydrogen-bond donors (Lipinski definition) is 2. The summed E-state index contributed by atoms with van der Waals surface area (Å²) in [6.07, 6.45) is 4.75. The maximum Gasteiger partial charge on any atom is 0.271 e. The first-order valence-electron chi connectivity index (χ1n) is 7.91. The number of sulfone groups is 1. The Morgan fingerprint density at radius 1 is 1.11 bits per heavy atom. The van der Waals surface area contributed by atoms with Crippen LogP contribution in [0.3, 0.4) is 0 Å². The average Bonchev–Trinajstić information content (AvgIpc) is 3.33. The van der Waals surface area contributed by atoms with Gasteiger partial charge >= 0.3 is 0 Å². The second-order valence-corrected chi connectivity index (χ2v) is 8.94. The second kappa shape index (κ2) is 6.70. The molecule has 0 spiro atoms. The number of carbonyl (C=O) groups is 2. The molecule has 1 aliphatic heterocycles. The maximum atomic E-state index is 12.5. The molecular formula is C15H14N6O4S2. The van der Waals surface area contributed by atoms with E-state index in [4.69, 9.17) is 0 Å². The van der Waals surface area contributed by atoms with Crippen molar-refractivity contribution < 1.29 is 18.0 Å². The van der Waals surface area contributed by atoms with Crippen molar-refractivity contribution in [3.8, 4) is 0 Å². The van der Waals surface area contributed by atoms with Crippen molar-refractivity contribution in [3.05, 3.63) is 46.9 Å². The minimum atomic E-state index is -3.40. The molecule has 3 aromatic heterocycles. The molecule has 1 aliphatic rings. The van der Waals surface area contributed by atoms with Crippen molar-refractivity contribution in [1.82, 2.24) is 30.0 Å². The molecule has 1 saturated heterocycles.